The van der Waals surface area contributed by atoms with E-state index in [-0.39, 0.29) is 24.4 Å². The smallest absolute Gasteiger partial charge is 0.445 e. The molecule has 0 fully saturated rings. The van der Waals surface area contributed by atoms with Gasteiger partial charge in [-0.3, -0.25) is 9.59 Å². The second kappa shape index (κ2) is 8.54. The number of ether oxygens (including phenoxy) is 2. The summed E-state index contributed by atoms with van der Waals surface area (Å²) >= 11 is 1.31. The number of amidine groups is 1. The number of benzene rings is 1. The molecular weight excluding hydrogens is 420 g/mol. The van der Waals surface area contributed by atoms with E-state index in [2.05, 4.69) is 10.3 Å². The summed E-state index contributed by atoms with van der Waals surface area (Å²) in [7, 11) is 3.06. The van der Waals surface area contributed by atoms with Crippen LogP contribution in [-0.2, 0) is 9.59 Å². The van der Waals surface area contributed by atoms with Crippen molar-refractivity contribution in [1.29, 1.82) is 0 Å². The third kappa shape index (κ3) is 3.95. The van der Waals surface area contributed by atoms with Crippen LogP contribution in [0.15, 0.2) is 33.7 Å². The summed E-state index contributed by atoms with van der Waals surface area (Å²) in [6.45, 7) is 2.21. The Balaban J connectivity index is 1.53. The van der Waals surface area contributed by atoms with Crippen molar-refractivity contribution in [3.63, 3.8) is 0 Å². The number of anilines is 1. The van der Waals surface area contributed by atoms with E-state index < -0.39 is 11.9 Å². The molecule has 0 saturated heterocycles. The minimum Gasteiger partial charge on any atom is -0.454 e. The van der Waals surface area contributed by atoms with Crippen molar-refractivity contribution >= 4 is 47.3 Å². The van der Waals surface area contributed by atoms with E-state index in [1.807, 2.05) is 6.92 Å². The highest BCUT2D eigenvalue weighted by atomic mass is 32.2. The molecular formula is C21H23N4O5S+. The molecule has 31 heavy (non-hydrogen) atoms. The van der Waals surface area contributed by atoms with Crippen LogP contribution in [0, 0.1) is 5.92 Å². The molecule has 3 aliphatic heterocycles. The summed E-state index contributed by atoms with van der Waals surface area (Å²) in [5.74, 6) is 0.520. The molecule has 1 atom stereocenters. The highest BCUT2D eigenvalue weighted by molar-refractivity contribution is 8.03. The maximum absolute atomic E-state index is 12.9. The Kier molecular flexibility index (Phi) is 5.81. The second-order valence-corrected chi connectivity index (χ2v) is 8.35. The predicted octanol–water partition coefficient (Wildman–Crippen LogP) is 2.47. The number of dihydropyridines is 1. The molecule has 0 aliphatic carbocycles. The number of rotatable bonds is 6. The zero-order valence-corrected chi connectivity index (χ0v) is 18.3. The minimum atomic E-state index is -0.678. The highest BCUT2D eigenvalue weighted by Gasteiger charge is 2.48. The Morgan fingerprint density at radius 3 is 2.87 bits per heavy atom. The number of allylic oxidation sites excluding steroid dienone is 1. The maximum atomic E-state index is 12.9. The van der Waals surface area contributed by atoms with Gasteiger partial charge in [-0.2, -0.15) is 9.48 Å². The summed E-state index contributed by atoms with van der Waals surface area (Å²) in [5.41, 5.74) is 1.52. The van der Waals surface area contributed by atoms with Crippen LogP contribution in [0.25, 0.3) is 0 Å². The van der Waals surface area contributed by atoms with Crippen LogP contribution in [0.1, 0.15) is 19.8 Å². The second-order valence-electron chi connectivity index (χ2n) is 7.33. The van der Waals surface area contributed by atoms with Gasteiger partial charge in [0, 0.05) is 16.7 Å². The third-order valence-corrected chi connectivity index (χ3v) is 6.43. The number of carbonyl (C=O) groups is 3. The lowest BCUT2D eigenvalue weighted by Crippen LogP contribution is -2.52. The summed E-state index contributed by atoms with van der Waals surface area (Å²) < 4.78 is 12.0. The molecule has 4 rings (SSSR count). The molecule has 1 aromatic carbocycles. The maximum Gasteiger partial charge on any atom is 0.445 e. The predicted molar refractivity (Wildman–Crippen MR) is 117 cm³/mol. The number of amides is 4. The van der Waals surface area contributed by atoms with Crippen molar-refractivity contribution in [3.05, 3.63) is 28.7 Å². The zero-order chi connectivity index (χ0) is 22.1. The van der Waals surface area contributed by atoms with Crippen molar-refractivity contribution in [2.24, 2.45) is 10.9 Å². The van der Waals surface area contributed by atoms with Crippen LogP contribution >= 0.6 is 11.8 Å². The number of imide groups is 1. The Hall–Kier alpha value is -3.14. The SMILES string of the molecule is CCCC1=C(SCC(=O)Nc2ccc3c(c2)OCO3)C2C(=O)N(C)C(=O)[N+](C)=C2N=C1. The Morgan fingerprint density at radius 2 is 2.10 bits per heavy atom. The van der Waals surface area contributed by atoms with Gasteiger partial charge in [-0.1, -0.05) is 13.3 Å². The molecule has 0 bridgehead atoms. The van der Waals surface area contributed by atoms with Crippen molar-refractivity contribution < 1.29 is 28.4 Å². The van der Waals surface area contributed by atoms with Crippen molar-refractivity contribution in [1.82, 2.24) is 4.90 Å². The minimum absolute atomic E-state index is 0.114. The van der Waals surface area contributed by atoms with E-state index in [4.69, 9.17) is 9.47 Å². The van der Waals surface area contributed by atoms with E-state index in [0.29, 0.717) is 23.0 Å². The Bertz CT molecular complexity index is 1060. The van der Waals surface area contributed by atoms with Crippen LogP contribution < -0.4 is 14.8 Å². The van der Waals surface area contributed by atoms with E-state index in [0.717, 1.165) is 28.2 Å². The van der Waals surface area contributed by atoms with E-state index in [1.165, 1.54) is 23.4 Å². The number of aliphatic imine (C=N–C) groups is 1. The number of carbonyl (C=O) groups excluding carboxylic acids is 3. The average molecular weight is 444 g/mol. The standard InChI is InChI=1S/C21H22N4O5S/c1-4-5-12-9-22-19-17(20(27)25(3)21(28)24(19)2)18(12)31-10-16(26)23-13-6-7-14-15(8-13)30-11-29-14/h6-9,17H,4-5,10-11H2,1-3H3/p+1. The summed E-state index contributed by atoms with van der Waals surface area (Å²) in [4.78, 5) is 44.1. The van der Waals surface area contributed by atoms with Gasteiger partial charge in [-0.05, 0) is 24.1 Å². The van der Waals surface area contributed by atoms with Crippen molar-refractivity contribution in [2.45, 2.75) is 19.8 Å². The summed E-state index contributed by atoms with van der Waals surface area (Å²) in [6.07, 6.45) is 3.31. The first-order chi connectivity index (χ1) is 14.9. The Labute approximate surface area is 183 Å². The highest BCUT2D eigenvalue weighted by Crippen LogP contribution is 2.37. The number of hydrogen-bond donors (Lipinski definition) is 1. The quantitative estimate of drug-likeness (QED) is 0.678. The van der Waals surface area contributed by atoms with Crippen molar-refractivity contribution in [3.8, 4) is 11.5 Å². The first kappa shape index (κ1) is 21.1. The van der Waals surface area contributed by atoms with Crippen molar-refractivity contribution in [2.75, 3.05) is 32.0 Å². The van der Waals surface area contributed by atoms with Gasteiger partial charge in [0.05, 0.1) is 19.8 Å². The number of thioether (sulfide) groups is 1. The average Bonchev–Trinajstić information content (AvgIpc) is 3.23. The summed E-state index contributed by atoms with van der Waals surface area (Å²) in [6, 6.07) is 4.79. The number of nitrogens with zero attached hydrogens (tertiary/aromatic N) is 3. The number of nitrogens with one attached hydrogen (secondary N) is 1. The topological polar surface area (TPSA) is 100 Å². The van der Waals surface area contributed by atoms with Gasteiger partial charge in [0.1, 0.15) is 6.21 Å². The van der Waals surface area contributed by atoms with E-state index in [9.17, 15) is 14.4 Å². The van der Waals surface area contributed by atoms with Gasteiger partial charge >= 0.3 is 11.9 Å². The molecule has 3 heterocycles. The molecule has 162 valence electrons. The molecule has 0 aromatic heterocycles. The lowest BCUT2D eigenvalue weighted by Gasteiger charge is -2.28. The van der Waals surface area contributed by atoms with Gasteiger partial charge in [-0.25, -0.2) is 4.79 Å². The van der Waals surface area contributed by atoms with E-state index >= 15 is 0 Å². The first-order valence-electron chi connectivity index (χ1n) is 9.92. The number of urea groups is 1. The fourth-order valence-corrected chi connectivity index (χ4v) is 4.72. The molecule has 0 radical (unpaired) electrons. The van der Waals surface area contributed by atoms with Gasteiger partial charge in [-0.15, -0.1) is 16.8 Å². The van der Waals surface area contributed by atoms with Crippen LogP contribution in [0.2, 0.25) is 0 Å². The lowest BCUT2D eigenvalue weighted by atomic mass is 9.96. The van der Waals surface area contributed by atoms with E-state index in [1.54, 1.807) is 31.5 Å². The van der Waals surface area contributed by atoms with Crippen LogP contribution in [0.4, 0.5) is 10.5 Å². The van der Waals surface area contributed by atoms with Gasteiger partial charge in [0.2, 0.25) is 12.7 Å². The van der Waals surface area contributed by atoms with Gasteiger partial charge < -0.3 is 14.8 Å². The third-order valence-electron chi connectivity index (χ3n) is 5.22. The molecule has 1 aromatic rings. The zero-order valence-electron chi connectivity index (χ0n) is 17.5. The molecule has 0 saturated carbocycles. The molecule has 4 amide bonds. The largest absolute Gasteiger partial charge is 0.454 e. The first-order valence-corrected chi connectivity index (χ1v) is 10.9. The normalized spacial score (nSPS) is 19.8. The fourth-order valence-electron chi connectivity index (χ4n) is 3.65. The van der Waals surface area contributed by atoms with Gasteiger partial charge in [0.25, 0.3) is 5.84 Å². The molecule has 1 N–H and O–H groups in total. The molecule has 1 unspecified atom stereocenters. The molecule has 10 heteroatoms. The number of hydrogen-bond acceptors (Lipinski definition) is 7. The Morgan fingerprint density at radius 1 is 1.32 bits per heavy atom. The monoisotopic (exact) mass is 443 g/mol. The molecule has 3 aliphatic rings. The molecule has 9 nitrogen and oxygen atoms in total. The molecule has 0 spiro atoms. The van der Waals surface area contributed by atoms with Gasteiger partial charge in [0.15, 0.2) is 17.4 Å². The fraction of sp³-hybridized carbons (Fsp3) is 0.381. The summed E-state index contributed by atoms with van der Waals surface area (Å²) in [5, 5.41) is 2.85. The van der Waals surface area contributed by atoms with Crippen LogP contribution in [0.3, 0.4) is 0 Å². The number of fused-ring (bicyclic) bond motifs is 2. The van der Waals surface area contributed by atoms with Crippen LogP contribution in [-0.4, -0.2) is 66.0 Å². The van der Waals surface area contributed by atoms with Crippen LogP contribution in [0.5, 0.6) is 11.5 Å². The lowest BCUT2D eigenvalue weighted by molar-refractivity contribution is -0.407.